The largest absolute Gasteiger partial charge is 0.320 e. The topological polar surface area (TPSA) is 62.3 Å². The fourth-order valence-electron chi connectivity index (χ4n) is 3.23. The van der Waals surface area contributed by atoms with Crippen LogP contribution in [0.1, 0.15) is 19.3 Å². The maximum atomic E-state index is 13.0. The third-order valence-corrected chi connectivity index (χ3v) is 6.56. The van der Waals surface area contributed by atoms with Crippen LogP contribution in [0, 0.1) is 5.92 Å². The van der Waals surface area contributed by atoms with E-state index in [0.29, 0.717) is 29.3 Å². The van der Waals surface area contributed by atoms with Crippen LogP contribution in [-0.2, 0) is 10.0 Å². The molecule has 1 aliphatic heterocycles. The van der Waals surface area contributed by atoms with Gasteiger partial charge in [-0.3, -0.25) is 4.98 Å². The molecule has 0 saturated carbocycles. The van der Waals surface area contributed by atoms with Gasteiger partial charge in [-0.25, -0.2) is 8.42 Å². The Bertz CT molecular complexity index is 763. The molecule has 0 unspecified atom stereocenters. The molecule has 0 atom stereocenters. The molecule has 1 N–H and O–H groups in total. The van der Waals surface area contributed by atoms with Gasteiger partial charge >= 0.3 is 0 Å². The molecule has 0 radical (unpaired) electrons. The number of piperidine rings is 1. The van der Waals surface area contributed by atoms with E-state index in [2.05, 4.69) is 10.3 Å². The molecule has 6 heteroatoms. The van der Waals surface area contributed by atoms with Crippen molar-refractivity contribution in [3.05, 3.63) is 36.5 Å². The summed E-state index contributed by atoms with van der Waals surface area (Å²) in [7, 11) is -1.50. The Morgan fingerprint density at radius 1 is 1.22 bits per heavy atom. The Morgan fingerprint density at radius 2 is 2.00 bits per heavy atom. The van der Waals surface area contributed by atoms with Crippen LogP contribution in [-0.4, -0.2) is 44.4 Å². The monoisotopic (exact) mass is 333 g/mol. The molecular weight excluding hydrogens is 310 g/mol. The van der Waals surface area contributed by atoms with Gasteiger partial charge < -0.3 is 5.32 Å². The van der Waals surface area contributed by atoms with Gasteiger partial charge in [0.2, 0.25) is 10.0 Å². The van der Waals surface area contributed by atoms with Crippen LogP contribution in [0.4, 0.5) is 0 Å². The minimum absolute atomic E-state index is 0.372. The molecule has 2 aromatic rings. The van der Waals surface area contributed by atoms with E-state index in [4.69, 9.17) is 0 Å². The molecule has 1 fully saturated rings. The van der Waals surface area contributed by atoms with Crippen LogP contribution < -0.4 is 5.32 Å². The van der Waals surface area contributed by atoms with E-state index in [9.17, 15) is 8.42 Å². The second kappa shape index (κ2) is 6.95. The van der Waals surface area contributed by atoms with Crippen LogP contribution in [0.5, 0.6) is 0 Å². The summed E-state index contributed by atoms with van der Waals surface area (Å²) in [6, 6.07) is 8.91. The van der Waals surface area contributed by atoms with Crippen molar-refractivity contribution in [3.63, 3.8) is 0 Å². The number of aromatic nitrogens is 1. The van der Waals surface area contributed by atoms with Gasteiger partial charge in [-0.15, -0.1) is 0 Å². The van der Waals surface area contributed by atoms with E-state index in [1.165, 1.54) is 0 Å². The summed E-state index contributed by atoms with van der Waals surface area (Å²) in [5.41, 5.74) is 0.720. The van der Waals surface area contributed by atoms with Crippen LogP contribution in [0.3, 0.4) is 0 Å². The van der Waals surface area contributed by atoms with Crippen LogP contribution >= 0.6 is 0 Å². The highest BCUT2D eigenvalue weighted by Gasteiger charge is 2.30. The number of nitrogens with zero attached hydrogens (tertiary/aromatic N) is 2. The maximum absolute atomic E-state index is 13.0. The van der Waals surface area contributed by atoms with Gasteiger partial charge in [0, 0.05) is 24.7 Å². The van der Waals surface area contributed by atoms with Gasteiger partial charge in [0.1, 0.15) is 0 Å². The first kappa shape index (κ1) is 16.4. The highest BCUT2D eigenvalue weighted by atomic mass is 32.2. The average Bonchev–Trinajstić information content (AvgIpc) is 2.59. The Labute approximate surface area is 137 Å². The van der Waals surface area contributed by atoms with Crippen molar-refractivity contribution in [3.8, 4) is 0 Å². The minimum Gasteiger partial charge on any atom is -0.320 e. The predicted octanol–water partition coefficient (Wildman–Crippen LogP) is 2.25. The zero-order valence-corrected chi connectivity index (χ0v) is 14.2. The van der Waals surface area contributed by atoms with Crippen LogP contribution in [0.15, 0.2) is 41.4 Å². The SMILES string of the molecule is CNCCC1CCN(S(=O)(=O)c2cccc3ncccc23)CC1. The number of rotatable bonds is 5. The van der Waals surface area contributed by atoms with Crippen molar-refractivity contribution in [1.82, 2.24) is 14.6 Å². The summed E-state index contributed by atoms with van der Waals surface area (Å²) >= 11 is 0. The van der Waals surface area contributed by atoms with Crippen molar-refractivity contribution in [2.45, 2.75) is 24.2 Å². The van der Waals surface area contributed by atoms with Crippen molar-refractivity contribution < 1.29 is 8.42 Å². The molecule has 1 aliphatic rings. The smallest absolute Gasteiger partial charge is 0.243 e. The van der Waals surface area contributed by atoms with Gasteiger partial charge in [0.05, 0.1) is 10.4 Å². The molecule has 3 rings (SSSR count). The zero-order valence-electron chi connectivity index (χ0n) is 13.4. The summed E-state index contributed by atoms with van der Waals surface area (Å²) in [5.74, 6) is 0.614. The summed E-state index contributed by atoms with van der Waals surface area (Å²) in [5, 5.41) is 3.86. The fraction of sp³-hybridized carbons (Fsp3) is 0.471. The lowest BCUT2D eigenvalue weighted by Crippen LogP contribution is -2.39. The van der Waals surface area contributed by atoms with Gasteiger partial charge in [-0.1, -0.05) is 6.07 Å². The van der Waals surface area contributed by atoms with Gasteiger partial charge in [-0.05, 0) is 63.0 Å². The van der Waals surface area contributed by atoms with E-state index in [-0.39, 0.29) is 0 Å². The number of pyridine rings is 1. The second-order valence-electron chi connectivity index (χ2n) is 6.07. The first-order valence-corrected chi connectivity index (χ1v) is 9.55. The summed E-state index contributed by atoms with van der Waals surface area (Å²) in [4.78, 5) is 4.63. The van der Waals surface area contributed by atoms with E-state index in [1.807, 2.05) is 19.2 Å². The third kappa shape index (κ3) is 3.39. The first-order chi connectivity index (χ1) is 11.1. The number of nitrogens with one attached hydrogen (secondary N) is 1. The molecule has 0 spiro atoms. The third-order valence-electron chi connectivity index (χ3n) is 4.60. The number of fused-ring (bicyclic) bond motifs is 1. The number of hydrogen-bond donors (Lipinski definition) is 1. The van der Waals surface area contributed by atoms with Crippen molar-refractivity contribution in [2.24, 2.45) is 5.92 Å². The quantitative estimate of drug-likeness (QED) is 0.911. The Balaban J connectivity index is 1.82. The van der Waals surface area contributed by atoms with Crippen molar-refractivity contribution >= 4 is 20.9 Å². The van der Waals surface area contributed by atoms with E-state index in [0.717, 1.165) is 31.3 Å². The Kier molecular flexibility index (Phi) is 4.94. The number of hydrogen-bond acceptors (Lipinski definition) is 4. The number of sulfonamides is 1. The number of benzene rings is 1. The highest BCUT2D eigenvalue weighted by Crippen LogP contribution is 2.28. The van der Waals surface area contributed by atoms with E-state index < -0.39 is 10.0 Å². The lowest BCUT2D eigenvalue weighted by molar-refractivity contribution is 0.263. The fourth-order valence-corrected chi connectivity index (χ4v) is 4.90. The lowest BCUT2D eigenvalue weighted by Gasteiger charge is -2.31. The van der Waals surface area contributed by atoms with Crippen molar-refractivity contribution in [1.29, 1.82) is 0 Å². The Morgan fingerprint density at radius 3 is 2.74 bits per heavy atom. The molecule has 23 heavy (non-hydrogen) atoms. The van der Waals surface area contributed by atoms with Crippen LogP contribution in [0.25, 0.3) is 10.9 Å². The van der Waals surface area contributed by atoms with Gasteiger partial charge in [-0.2, -0.15) is 4.31 Å². The Hall–Kier alpha value is -1.50. The second-order valence-corrected chi connectivity index (χ2v) is 7.97. The van der Waals surface area contributed by atoms with Crippen molar-refractivity contribution in [2.75, 3.05) is 26.7 Å². The van der Waals surface area contributed by atoms with Gasteiger partial charge in [0.15, 0.2) is 0 Å². The van der Waals surface area contributed by atoms with Gasteiger partial charge in [0.25, 0.3) is 0 Å². The molecular formula is C17H23N3O2S. The standard InChI is InChI=1S/C17H23N3O2S/c1-18-11-7-14-8-12-20(13-9-14)23(21,22)17-6-2-5-16-15(17)4-3-10-19-16/h2-6,10,14,18H,7-9,11-13H2,1H3. The lowest BCUT2D eigenvalue weighted by atomic mass is 9.95. The molecule has 0 amide bonds. The summed E-state index contributed by atoms with van der Waals surface area (Å²) in [6.07, 6.45) is 4.67. The molecule has 0 bridgehead atoms. The predicted molar refractivity (Wildman–Crippen MR) is 91.8 cm³/mol. The molecule has 0 aliphatic carbocycles. The molecule has 1 aromatic heterocycles. The molecule has 1 saturated heterocycles. The highest BCUT2D eigenvalue weighted by molar-refractivity contribution is 7.89. The molecule has 124 valence electrons. The molecule has 2 heterocycles. The van der Waals surface area contributed by atoms with E-state index >= 15 is 0 Å². The summed E-state index contributed by atoms with van der Waals surface area (Å²) in [6.45, 7) is 2.20. The summed E-state index contributed by atoms with van der Waals surface area (Å²) < 4.78 is 27.6. The maximum Gasteiger partial charge on any atom is 0.243 e. The first-order valence-electron chi connectivity index (χ1n) is 8.11. The average molecular weight is 333 g/mol. The molecule has 1 aromatic carbocycles. The normalized spacial score (nSPS) is 17.6. The molecule has 5 nitrogen and oxygen atoms in total. The minimum atomic E-state index is -3.45. The zero-order chi connectivity index (χ0) is 16.3. The van der Waals surface area contributed by atoms with Crippen LogP contribution in [0.2, 0.25) is 0 Å². The van der Waals surface area contributed by atoms with E-state index in [1.54, 1.807) is 28.7 Å².